The summed E-state index contributed by atoms with van der Waals surface area (Å²) in [4.78, 5) is 36.8. The van der Waals surface area contributed by atoms with Crippen LogP contribution < -0.4 is 10.4 Å². The molecule has 1 aromatic heterocycles. The Morgan fingerprint density at radius 2 is 1.71 bits per heavy atom. The lowest BCUT2D eigenvalue weighted by atomic mass is 9.87. The second-order valence-corrected chi connectivity index (χ2v) is 9.13. The van der Waals surface area contributed by atoms with Crippen molar-refractivity contribution in [2.45, 2.75) is 46.0 Å². The van der Waals surface area contributed by atoms with Gasteiger partial charge in [-0.15, -0.1) is 0 Å². The van der Waals surface area contributed by atoms with E-state index in [-0.39, 0.29) is 36.6 Å². The fourth-order valence-electron chi connectivity index (χ4n) is 3.49. The minimum atomic E-state index is -0.543. The van der Waals surface area contributed by atoms with E-state index in [2.05, 4.69) is 20.8 Å². The molecule has 3 aromatic rings. The third-order valence-electron chi connectivity index (χ3n) is 5.47. The summed E-state index contributed by atoms with van der Waals surface area (Å²) in [6.07, 6.45) is 0.377. The average molecular weight is 467 g/mol. The van der Waals surface area contributed by atoms with E-state index >= 15 is 0 Å². The highest BCUT2D eigenvalue weighted by molar-refractivity contribution is 5.92. The second kappa shape index (κ2) is 10.7. The van der Waals surface area contributed by atoms with E-state index in [0.29, 0.717) is 28.7 Å². The van der Waals surface area contributed by atoms with Crippen LogP contribution in [0.25, 0.3) is 11.0 Å². The lowest BCUT2D eigenvalue weighted by Gasteiger charge is -2.19. The molecule has 0 atom stereocenters. The van der Waals surface area contributed by atoms with E-state index in [1.165, 1.54) is 19.2 Å². The summed E-state index contributed by atoms with van der Waals surface area (Å²) in [6, 6.07) is 11.9. The normalized spacial score (nSPS) is 11.4. The van der Waals surface area contributed by atoms with Gasteiger partial charge in [-0.05, 0) is 53.6 Å². The number of methoxy groups -OCH3 is 1. The van der Waals surface area contributed by atoms with Crippen molar-refractivity contribution in [1.82, 2.24) is 0 Å². The van der Waals surface area contributed by atoms with Crippen LogP contribution in [0.2, 0.25) is 0 Å². The van der Waals surface area contributed by atoms with Crippen molar-refractivity contribution in [3.63, 3.8) is 0 Å². The number of aryl methyl sites for hydroxylation is 2. The molecule has 0 bridgehead atoms. The largest absolute Gasteiger partial charge is 0.463 e. The molecule has 3 rings (SSSR count). The average Bonchev–Trinajstić information content (AvgIpc) is 2.77. The highest BCUT2D eigenvalue weighted by Crippen LogP contribution is 2.29. The SMILES string of the molecule is COCCOC(=O)CCc1cc2c(C)cc(=O)oc2cc1OC(=O)c1ccc(C(C)(C)C)cc1. The van der Waals surface area contributed by atoms with Crippen LogP contribution in [-0.2, 0) is 26.1 Å². The predicted molar refractivity (Wildman–Crippen MR) is 128 cm³/mol. The van der Waals surface area contributed by atoms with Crippen LogP contribution in [-0.4, -0.2) is 32.3 Å². The molecule has 34 heavy (non-hydrogen) atoms. The maximum atomic E-state index is 12.9. The minimum absolute atomic E-state index is 0.0405. The van der Waals surface area contributed by atoms with Crippen LogP contribution in [0.4, 0.5) is 0 Å². The van der Waals surface area contributed by atoms with Gasteiger partial charge in [-0.2, -0.15) is 0 Å². The topological polar surface area (TPSA) is 92.0 Å². The molecule has 0 amide bonds. The van der Waals surface area contributed by atoms with Gasteiger partial charge in [0.05, 0.1) is 12.2 Å². The number of esters is 2. The van der Waals surface area contributed by atoms with Crippen LogP contribution in [0.1, 0.15) is 54.2 Å². The van der Waals surface area contributed by atoms with Crippen molar-refractivity contribution in [3.05, 3.63) is 75.1 Å². The van der Waals surface area contributed by atoms with Crippen LogP contribution >= 0.6 is 0 Å². The van der Waals surface area contributed by atoms with Gasteiger partial charge in [0.1, 0.15) is 17.9 Å². The molecule has 0 fully saturated rings. The predicted octanol–water partition coefficient (Wildman–Crippen LogP) is 4.74. The Kier molecular flexibility index (Phi) is 7.89. The molecule has 7 nitrogen and oxygen atoms in total. The fraction of sp³-hybridized carbons (Fsp3) is 0.370. The van der Waals surface area contributed by atoms with Gasteiger partial charge >= 0.3 is 17.6 Å². The van der Waals surface area contributed by atoms with Crippen molar-refractivity contribution in [2.24, 2.45) is 0 Å². The molecule has 2 aromatic carbocycles. The molecule has 1 heterocycles. The molecule has 7 heteroatoms. The Balaban J connectivity index is 1.89. The van der Waals surface area contributed by atoms with Crippen LogP contribution in [0.3, 0.4) is 0 Å². The lowest BCUT2D eigenvalue weighted by Crippen LogP contribution is -2.14. The van der Waals surface area contributed by atoms with E-state index < -0.39 is 11.6 Å². The molecule has 180 valence electrons. The van der Waals surface area contributed by atoms with Gasteiger partial charge in [-0.25, -0.2) is 9.59 Å². The second-order valence-electron chi connectivity index (χ2n) is 9.13. The Morgan fingerprint density at radius 1 is 1.00 bits per heavy atom. The van der Waals surface area contributed by atoms with E-state index in [1.807, 2.05) is 12.1 Å². The molecule has 0 N–H and O–H groups in total. The van der Waals surface area contributed by atoms with Crippen LogP contribution in [0.5, 0.6) is 5.75 Å². The lowest BCUT2D eigenvalue weighted by molar-refractivity contribution is -0.144. The summed E-state index contributed by atoms with van der Waals surface area (Å²) in [6.45, 7) is 8.57. The maximum Gasteiger partial charge on any atom is 0.343 e. The highest BCUT2D eigenvalue weighted by Gasteiger charge is 2.18. The minimum Gasteiger partial charge on any atom is -0.463 e. The van der Waals surface area contributed by atoms with E-state index in [1.54, 1.807) is 25.1 Å². The smallest absolute Gasteiger partial charge is 0.343 e. The van der Waals surface area contributed by atoms with Gasteiger partial charge in [0.25, 0.3) is 0 Å². The number of carbonyl (C=O) groups is 2. The summed E-state index contributed by atoms with van der Waals surface area (Å²) < 4.78 is 21.0. The van der Waals surface area contributed by atoms with Crippen molar-refractivity contribution < 1.29 is 28.2 Å². The van der Waals surface area contributed by atoms with E-state index in [9.17, 15) is 14.4 Å². The Hall–Kier alpha value is -3.45. The molecular formula is C27H30O7. The summed E-state index contributed by atoms with van der Waals surface area (Å²) in [5, 5.41) is 0.705. The number of carbonyl (C=O) groups excluding carboxylic acids is 2. The summed E-state index contributed by atoms with van der Waals surface area (Å²) in [5.74, 6) is -0.696. The third kappa shape index (κ3) is 6.32. The van der Waals surface area contributed by atoms with E-state index in [4.69, 9.17) is 18.6 Å². The van der Waals surface area contributed by atoms with Gasteiger partial charge < -0.3 is 18.6 Å². The molecule has 0 unspecified atom stereocenters. The zero-order valence-electron chi connectivity index (χ0n) is 20.2. The van der Waals surface area contributed by atoms with Crippen LogP contribution in [0, 0.1) is 6.92 Å². The van der Waals surface area contributed by atoms with Crippen LogP contribution in [0.15, 0.2) is 51.7 Å². The standard InChI is InChI=1S/C27H30O7/c1-17-14-25(29)33-23-16-22(19(15-21(17)23)8-11-24(28)32-13-12-31-5)34-26(30)18-6-9-20(10-7-18)27(2,3)4/h6-7,9-10,14-16H,8,11-13H2,1-5H3. The molecule has 0 saturated heterocycles. The number of rotatable bonds is 8. The Labute approximate surface area is 198 Å². The quantitative estimate of drug-likeness (QED) is 0.205. The van der Waals surface area contributed by atoms with Gasteiger partial charge in [0, 0.05) is 31.0 Å². The molecule has 0 aliphatic carbocycles. The first-order chi connectivity index (χ1) is 16.1. The fourth-order valence-corrected chi connectivity index (χ4v) is 3.49. The van der Waals surface area contributed by atoms with Crippen molar-refractivity contribution in [3.8, 4) is 5.75 Å². The first-order valence-corrected chi connectivity index (χ1v) is 11.1. The van der Waals surface area contributed by atoms with Crippen molar-refractivity contribution in [1.29, 1.82) is 0 Å². The van der Waals surface area contributed by atoms with Gasteiger partial charge in [-0.1, -0.05) is 32.9 Å². The number of ether oxygens (including phenoxy) is 3. The zero-order chi connectivity index (χ0) is 24.9. The van der Waals surface area contributed by atoms with Gasteiger partial charge in [0.2, 0.25) is 0 Å². The van der Waals surface area contributed by atoms with Gasteiger partial charge in [-0.3, -0.25) is 4.79 Å². The molecule has 0 saturated carbocycles. The number of fused-ring (bicyclic) bond motifs is 1. The Morgan fingerprint density at radius 3 is 2.35 bits per heavy atom. The first-order valence-electron chi connectivity index (χ1n) is 11.1. The van der Waals surface area contributed by atoms with Crippen molar-refractivity contribution >= 4 is 22.9 Å². The molecule has 0 aliphatic rings. The molecule has 0 aliphatic heterocycles. The van der Waals surface area contributed by atoms with Gasteiger partial charge in [0.15, 0.2) is 0 Å². The molecule has 0 radical (unpaired) electrons. The molecule has 0 spiro atoms. The van der Waals surface area contributed by atoms with E-state index in [0.717, 1.165) is 11.1 Å². The van der Waals surface area contributed by atoms with Crippen molar-refractivity contribution in [2.75, 3.05) is 20.3 Å². The maximum absolute atomic E-state index is 12.9. The monoisotopic (exact) mass is 466 g/mol. The number of hydrogen-bond donors (Lipinski definition) is 0. The summed E-state index contributed by atoms with van der Waals surface area (Å²) >= 11 is 0. The summed E-state index contributed by atoms with van der Waals surface area (Å²) in [7, 11) is 1.53. The third-order valence-corrected chi connectivity index (χ3v) is 5.47. The zero-order valence-corrected chi connectivity index (χ0v) is 20.2. The number of benzene rings is 2. The Bertz CT molecular complexity index is 1230. The molecular weight excluding hydrogens is 436 g/mol. The highest BCUT2D eigenvalue weighted by atomic mass is 16.6. The number of hydrogen-bond acceptors (Lipinski definition) is 7. The summed E-state index contributed by atoms with van der Waals surface area (Å²) in [5.41, 5.74) is 2.63. The first kappa shape index (κ1) is 25.2.